The van der Waals surface area contributed by atoms with Crippen LogP contribution in [0.4, 0.5) is 5.69 Å². The topological polar surface area (TPSA) is 63.4 Å². The standard InChI is InChI=1S/C15H15NO3S2/c1-9(17)14-8-13(16(18)19)15(21-14)20-12-6-5-10-3-2-4-11(10)7-12/h5-9,17H,2-4H2,1H3/t9-/m1/s1. The van der Waals surface area contributed by atoms with Gasteiger partial charge in [0.2, 0.25) is 0 Å². The molecule has 1 atom stereocenters. The van der Waals surface area contributed by atoms with Crippen LogP contribution in [0, 0.1) is 10.1 Å². The molecule has 0 amide bonds. The summed E-state index contributed by atoms with van der Waals surface area (Å²) in [5.74, 6) is 0. The van der Waals surface area contributed by atoms with E-state index in [4.69, 9.17) is 0 Å². The zero-order chi connectivity index (χ0) is 15.0. The fraction of sp³-hybridized carbons (Fsp3) is 0.333. The molecule has 21 heavy (non-hydrogen) atoms. The number of aliphatic hydroxyl groups excluding tert-OH is 1. The number of nitrogens with zero attached hydrogens (tertiary/aromatic N) is 1. The second-order valence-corrected chi connectivity index (χ2v) is 7.57. The van der Waals surface area contributed by atoms with Crippen LogP contribution in [0.25, 0.3) is 0 Å². The molecule has 1 aromatic heterocycles. The van der Waals surface area contributed by atoms with E-state index in [9.17, 15) is 15.2 Å². The number of hydrogen-bond donors (Lipinski definition) is 1. The zero-order valence-corrected chi connectivity index (χ0v) is 13.2. The van der Waals surface area contributed by atoms with Crippen LogP contribution in [0.2, 0.25) is 0 Å². The van der Waals surface area contributed by atoms with Crippen molar-refractivity contribution < 1.29 is 10.0 Å². The van der Waals surface area contributed by atoms with Crippen molar-refractivity contribution in [2.24, 2.45) is 0 Å². The first-order valence-electron chi connectivity index (χ1n) is 6.80. The van der Waals surface area contributed by atoms with E-state index in [1.807, 2.05) is 6.07 Å². The van der Waals surface area contributed by atoms with Gasteiger partial charge >= 0.3 is 0 Å². The number of thiophene rings is 1. The minimum atomic E-state index is -0.678. The van der Waals surface area contributed by atoms with E-state index in [0.29, 0.717) is 9.09 Å². The Morgan fingerprint density at radius 2 is 2.10 bits per heavy atom. The van der Waals surface area contributed by atoms with Crippen molar-refractivity contribution >= 4 is 28.8 Å². The molecule has 1 aliphatic carbocycles. The SMILES string of the molecule is C[C@@H](O)c1cc([N+](=O)[O-])c(Sc2ccc3c(c2)CCC3)s1. The van der Waals surface area contributed by atoms with E-state index in [1.54, 1.807) is 6.92 Å². The van der Waals surface area contributed by atoms with Gasteiger partial charge in [-0.15, -0.1) is 11.3 Å². The number of nitro groups is 1. The molecule has 1 heterocycles. The Balaban J connectivity index is 1.92. The molecule has 1 aromatic carbocycles. The van der Waals surface area contributed by atoms with Crippen LogP contribution in [-0.4, -0.2) is 10.0 Å². The molecule has 0 unspecified atom stereocenters. The molecule has 0 saturated carbocycles. The predicted molar refractivity (Wildman–Crippen MR) is 84.2 cm³/mol. The number of hydrogen-bond acceptors (Lipinski definition) is 5. The van der Waals surface area contributed by atoms with Crippen molar-refractivity contribution in [3.63, 3.8) is 0 Å². The van der Waals surface area contributed by atoms with Crippen LogP contribution in [-0.2, 0) is 12.8 Å². The summed E-state index contributed by atoms with van der Waals surface area (Å²) in [6.45, 7) is 1.62. The molecule has 0 saturated heterocycles. The lowest BCUT2D eigenvalue weighted by Crippen LogP contribution is -1.88. The molecule has 0 fully saturated rings. The van der Waals surface area contributed by atoms with E-state index >= 15 is 0 Å². The third kappa shape index (κ3) is 2.97. The summed E-state index contributed by atoms with van der Waals surface area (Å²) in [7, 11) is 0. The highest BCUT2D eigenvalue weighted by Gasteiger charge is 2.22. The van der Waals surface area contributed by atoms with Crippen molar-refractivity contribution in [1.82, 2.24) is 0 Å². The Morgan fingerprint density at radius 3 is 2.81 bits per heavy atom. The number of benzene rings is 1. The smallest absolute Gasteiger partial charge is 0.294 e. The summed E-state index contributed by atoms with van der Waals surface area (Å²) in [6.07, 6.45) is 2.73. The van der Waals surface area contributed by atoms with Gasteiger partial charge in [0.25, 0.3) is 5.69 Å². The first-order valence-corrected chi connectivity index (χ1v) is 8.43. The van der Waals surface area contributed by atoms with Gasteiger partial charge in [-0.3, -0.25) is 10.1 Å². The fourth-order valence-electron chi connectivity index (χ4n) is 2.51. The summed E-state index contributed by atoms with van der Waals surface area (Å²) < 4.78 is 0.633. The van der Waals surface area contributed by atoms with Crippen LogP contribution in [0.3, 0.4) is 0 Å². The maximum atomic E-state index is 11.2. The maximum Gasteiger partial charge on any atom is 0.294 e. The molecule has 0 radical (unpaired) electrons. The molecular formula is C15H15NO3S2. The molecule has 3 rings (SSSR count). The summed E-state index contributed by atoms with van der Waals surface area (Å²) in [5.41, 5.74) is 2.83. The first kappa shape index (κ1) is 14.6. The third-order valence-electron chi connectivity index (χ3n) is 3.59. The van der Waals surface area contributed by atoms with Gasteiger partial charge in [-0.05, 0) is 49.4 Å². The number of fused-ring (bicyclic) bond motifs is 1. The minimum absolute atomic E-state index is 0.0846. The second-order valence-electron chi connectivity index (χ2n) is 5.14. The van der Waals surface area contributed by atoms with Gasteiger partial charge in [0.05, 0.1) is 11.0 Å². The average molecular weight is 321 g/mol. The van der Waals surface area contributed by atoms with Crippen molar-refractivity contribution in [3.8, 4) is 0 Å². The summed E-state index contributed by atoms with van der Waals surface area (Å²) in [6, 6.07) is 7.77. The highest BCUT2D eigenvalue weighted by Crippen LogP contribution is 2.43. The van der Waals surface area contributed by atoms with E-state index in [1.165, 1.54) is 46.7 Å². The van der Waals surface area contributed by atoms with Gasteiger partial charge in [0.1, 0.15) is 4.21 Å². The molecule has 110 valence electrons. The molecule has 2 aromatic rings. The van der Waals surface area contributed by atoms with Gasteiger partial charge in [-0.25, -0.2) is 0 Å². The normalized spacial score (nSPS) is 15.0. The molecular weight excluding hydrogens is 306 g/mol. The van der Waals surface area contributed by atoms with Gasteiger partial charge in [0, 0.05) is 15.8 Å². The third-order valence-corrected chi connectivity index (χ3v) is 6.06. The minimum Gasteiger partial charge on any atom is -0.388 e. The largest absolute Gasteiger partial charge is 0.388 e. The van der Waals surface area contributed by atoms with Gasteiger partial charge in [0.15, 0.2) is 0 Å². The average Bonchev–Trinajstić information content (AvgIpc) is 3.04. The molecule has 1 N–H and O–H groups in total. The second kappa shape index (κ2) is 5.79. The van der Waals surface area contributed by atoms with Crippen LogP contribution >= 0.6 is 23.1 Å². The summed E-state index contributed by atoms with van der Waals surface area (Å²) >= 11 is 2.71. The Bertz CT molecular complexity index is 694. The first-order chi connectivity index (χ1) is 10.0. The van der Waals surface area contributed by atoms with Gasteiger partial charge in [-0.1, -0.05) is 17.8 Å². The van der Waals surface area contributed by atoms with Gasteiger partial charge < -0.3 is 5.11 Å². The van der Waals surface area contributed by atoms with E-state index < -0.39 is 6.10 Å². The number of rotatable bonds is 4. The Kier molecular flexibility index (Phi) is 4.01. The van der Waals surface area contributed by atoms with Crippen LogP contribution in [0.15, 0.2) is 33.4 Å². The van der Waals surface area contributed by atoms with Crippen LogP contribution in [0.5, 0.6) is 0 Å². The highest BCUT2D eigenvalue weighted by atomic mass is 32.2. The monoisotopic (exact) mass is 321 g/mol. The number of aryl methyl sites for hydroxylation is 2. The van der Waals surface area contributed by atoms with E-state index in [2.05, 4.69) is 12.1 Å². The maximum absolute atomic E-state index is 11.2. The molecule has 0 aliphatic heterocycles. The van der Waals surface area contributed by atoms with Crippen LogP contribution < -0.4 is 0 Å². The number of aliphatic hydroxyl groups is 1. The Hall–Kier alpha value is -1.37. The Labute approximate surface area is 131 Å². The lowest BCUT2D eigenvalue weighted by Gasteiger charge is -2.03. The summed E-state index contributed by atoms with van der Waals surface area (Å²) in [5, 5.41) is 20.8. The van der Waals surface area contributed by atoms with Crippen molar-refractivity contribution in [3.05, 3.63) is 50.4 Å². The van der Waals surface area contributed by atoms with E-state index in [0.717, 1.165) is 17.7 Å². The lowest BCUT2D eigenvalue weighted by atomic mass is 10.1. The van der Waals surface area contributed by atoms with Crippen LogP contribution in [0.1, 0.15) is 35.5 Å². The fourth-order valence-corrected chi connectivity index (χ4v) is 4.83. The van der Waals surface area contributed by atoms with Crippen molar-refractivity contribution in [2.45, 2.75) is 41.4 Å². The molecule has 0 spiro atoms. The molecule has 6 heteroatoms. The van der Waals surface area contributed by atoms with Crippen molar-refractivity contribution in [2.75, 3.05) is 0 Å². The van der Waals surface area contributed by atoms with Gasteiger partial charge in [-0.2, -0.15) is 0 Å². The van der Waals surface area contributed by atoms with E-state index in [-0.39, 0.29) is 10.6 Å². The van der Waals surface area contributed by atoms with Crippen molar-refractivity contribution in [1.29, 1.82) is 0 Å². The summed E-state index contributed by atoms with van der Waals surface area (Å²) in [4.78, 5) is 12.4. The molecule has 0 bridgehead atoms. The highest BCUT2D eigenvalue weighted by molar-refractivity contribution is 8.01. The molecule has 4 nitrogen and oxygen atoms in total. The quantitative estimate of drug-likeness (QED) is 0.671. The lowest BCUT2D eigenvalue weighted by molar-refractivity contribution is -0.387. The Morgan fingerprint density at radius 1 is 1.33 bits per heavy atom. The predicted octanol–water partition coefficient (Wildman–Crippen LogP) is 4.35. The molecule has 1 aliphatic rings. The zero-order valence-electron chi connectivity index (χ0n) is 11.5.